The molecule has 1 nitrogen and oxygen atoms in total. The molecule has 1 aromatic rings. The van der Waals surface area contributed by atoms with Crippen LogP contribution in [0.4, 0.5) is 0 Å². The van der Waals surface area contributed by atoms with Gasteiger partial charge in [0.25, 0.3) is 0 Å². The van der Waals surface area contributed by atoms with Crippen LogP contribution >= 0.6 is 0 Å². The molecule has 1 heteroatoms. The first-order valence-corrected chi connectivity index (χ1v) is 3.65. The summed E-state index contributed by atoms with van der Waals surface area (Å²) >= 11 is 0. The van der Waals surface area contributed by atoms with Gasteiger partial charge in [-0.1, -0.05) is 6.08 Å². The van der Waals surface area contributed by atoms with Crippen LogP contribution in [0.2, 0.25) is 0 Å². The second-order valence-corrected chi connectivity index (χ2v) is 2.35. The Bertz CT molecular complexity index is 175. The van der Waals surface area contributed by atoms with Crippen molar-refractivity contribution in [1.82, 2.24) is 4.57 Å². The van der Waals surface area contributed by atoms with Crippen molar-refractivity contribution < 1.29 is 0 Å². The molecule has 0 fully saturated rings. The van der Waals surface area contributed by atoms with Crippen molar-refractivity contribution in [3.8, 4) is 0 Å². The van der Waals surface area contributed by atoms with Crippen molar-refractivity contribution in [1.29, 1.82) is 0 Å². The van der Waals surface area contributed by atoms with Crippen LogP contribution in [0.1, 0.15) is 12.8 Å². The number of rotatable bonds is 4. The van der Waals surface area contributed by atoms with Crippen molar-refractivity contribution in [2.75, 3.05) is 0 Å². The highest BCUT2D eigenvalue weighted by Crippen LogP contribution is 1.96. The number of hydrogen-bond acceptors (Lipinski definition) is 0. The van der Waals surface area contributed by atoms with E-state index in [1.54, 1.807) is 0 Å². The van der Waals surface area contributed by atoms with Crippen molar-refractivity contribution in [2.24, 2.45) is 0 Å². The molecule has 0 atom stereocenters. The molecule has 1 rings (SSSR count). The molecule has 0 amide bonds. The third kappa shape index (κ3) is 2.09. The van der Waals surface area contributed by atoms with E-state index in [4.69, 9.17) is 0 Å². The van der Waals surface area contributed by atoms with Crippen LogP contribution in [0.25, 0.3) is 0 Å². The highest BCUT2D eigenvalue weighted by Gasteiger charge is 1.85. The zero-order valence-corrected chi connectivity index (χ0v) is 6.16. The fourth-order valence-corrected chi connectivity index (χ4v) is 0.937. The number of allylic oxidation sites excluding steroid dienone is 1. The van der Waals surface area contributed by atoms with E-state index in [2.05, 4.69) is 23.5 Å². The van der Waals surface area contributed by atoms with Gasteiger partial charge in [0.05, 0.1) is 0 Å². The van der Waals surface area contributed by atoms with E-state index in [0.29, 0.717) is 0 Å². The second-order valence-electron chi connectivity index (χ2n) is 2.35. The van der Waals surface area contributed by atoms with Gasteiger partial charge in [-0.15, -0.1) is 6.58 Å². The molecule has 0 aliphatic rings. The van der Waals surface area contributed by atoms with Crippen LogP contribution < -0.4 is 0 Å². The highest BCUT2D eigenvalue weighted by atomic mass is 14.9. The van der Waals surface area contributed by atoms with E-state index in [0.717, 1.165) is 13.0 Å². The van der Waals surface area contributed by atoms with Gasteiger partial charge in [0.1, 0.15) is 0 Å². The van der Waals surface area contributed by atoms with E-state index >= 15 is 0 Å². The average molecular weight is 135 g/mol. The lowest BCUT2D eigenvalue weighted by molar-refractivity contribution is 0.654. The molecule has 1 aromatic heterocycles. The Morgan fingerprint density at radius 3 is 2.60 bits per heavy atom. The summed E-state index contributed by atoms with van der Waals surface area (Å²) in [6, 6.07) is 4.10. The predicted molar refractivity (Wildman–Crippen MR) is 43.9 cm³/mol. The summed E-state index contributed by atoms with van der Waals surface area (Å²) < 4.78 is 2.18. The maximum Gasteiger partial charge on any atom is 0.0222 e. The number of hydrogen-bond donors (Lipinski definition) is 0. The molecule has 0 radical (unpaired) electrons. The predicted octanol–water partition coefficient (Wildman–Crippen LogP) is 2.45. The molecule has 0 aliphatic carbocycles. The standard InChI is InChI=1S/C9H13N/c1-2-3-4-7-10-8-5-6-9-10/h2,5-6,8-9H,1,3-4,7H2. The minimum Gasteiger partial charge on any atom is -0.354 e. The summed E-state index contributed by atoms with van der Waals surface area (Å²) in [6.07, 6.45) is 8.44. The molecule has 0 spiro atoms. The second kappa shape index (κ2) is 3.94. The molecule has 0 saturated carbocycles. The summed E-state index contributed by atoms with van der Waals surface area (Å²) in [5.74, 6) is 0. The van der Waals surface area contributed by atoms with E-state index < -0.39 is 0 Å². The molecule has 0 bridgehead atoms. The monoisotopic (exact) mass is 135 g/mol. The van der Waals surface area contributed by atoms with Gasteiger partial charge in [-0.2, -0.15) is 0 Å². The highest BCUT2D eigenvalue weighted by molar-refractivity contribution is 4.90. The molecule has 54 valence electrons. The Kier molecular flexibility index (Phi) is 2.81. The molecular formula is C9H13N. The van der Waals surface area contributed by atoms with Crippen LogP contribution in [0.3, 0.4) is 0 Å². The van der Waals surface area contributed by atoms with Crippen molar-refractivity contribution >= 4 is 0 Å². The van der Waals surface area contributed by atoms with Crippen LogP contribution in [0, 0.1) is 0 Å². The Balaban J connectivity index is 2.21. The van der Waals surface area contributed by atoms with Crippen molar-refractivity contribution in [3.05, 3.63) is 37.2 Å². The quantitative estimate of drug-likeness (QED) is 0.441. The van der Waals surface area contributed by atoms with Crippen molar-refractivity contribution in [3.63, 3.8) is 0 Å². The van der Waals surface area contributed by atoms with Gasteiger partial charge in [-0.05, 0) is 25.0 Å². The first kappa shape index (κ1) is 7.13. The number of aryl methyl sites for hydroxylation is 1. The minimum atomic E-state index is 1.11. The average Bonchev–Trinajstić information content (AvgIpc) is 2.41. The van der Waals surface area contributed by atoms with Gasteiger partial charge in [0.2, 0.25) is 0 Å². The zero-order valence-electron chi connectivity index (χ0n) is 6.16. The topological polar surface area (TPSA) is 4.93 Å². The van der Waals surface area contributed by atoms with Gasteiger partial charge in [0, 0.05) is 18.9 Å². The first-order valence-electron chi connectivity index (χ1n) is 3.65. The summed E-state index contributed by atoms with van der Waals surface area (Å²) in [7, 11) is 0. The van der Waals surface area contributed by atoms with Crippen LogP contribution in [-0.4, -0.2) is 4.57 Å². The summed E-state index contributed by atoms with van der Waals surface area (Å²) in [4.78, 5) is 0. The normalized spacial score (nSPS) is 9.60. The smallest absolute Gasteiger partial charge is 0.0222 e. The van der Waals surface area contributed by atoms with E-state index in [1.165, 1.54) is 6.42 Å². The Hall–Kier alpha value is -0.980. The Morgan fingerprint density at radius 2 is 2.00 bits per heavy atom. The maximum atomic E-state index is 3.67. The van der Waals surface area contributed by atoms with E-state index in [9.17, 15) is 0 Å². The lowest BCUT2D eigenvalue weighted by Gasteiger charge is -1.98. The van der Waals surface area contributed by atoms with Gasteiger partial charge in [0.15, 0.2) is 0 Å². The van der Waals surface area contributed by atoms with Gasteiger partial charge in [-0.3, -0.25) is 0 Å². The summed E-state index contributed by atoms with van der Waals surface area (Å²) in [5, 5.41) is 0. The van der Waals surface area contributed by atoms with Crippen LogP contribution in [0.15, 0.2) is 37.2 Å². The third-order valence-corrected chi connectivity index (χ3v) is 1.49. The zero-order chi connectivity index (χ0) is 7.23. The molecule has 0 unspecified atom stereocenters. The maximum absolute atomic E-state index is 3.67. The van der Waals surface area contributed by atoms with E-state index in [-0.39, 0.29) is 0 Å². The van der Waals surface area contributed by atoms with Gasteiger partial charge < -0.3 is 4.57 Å². The fourth-order valence-electron chi connectivity index (χ4n) is 0.937. The molecule has 0 aromatic carbocycles. The summed E-state index contributed by atoms with van der Waals surface area (Å²) in [5.41, 5.74) is 0. The Morgan fingerprint density at radius 1 is 1.30 bits per heavy atom. The molecular weight excluding hydrogens is 122 g/mol. The molecule has 10 heavy (non-hydrogen) atoms. The van der Waals surface area contributed by atoms with Gasteiger partial charge >= 0.3 is 0 Å². The first-order chi connectivity index (χ1) is 4.93. The lowest BCUT2D eigenvalue weighted by Crippen LogP contribution is -1.92. The van der Waals surface area contributed by atoms with Crippen LogP contribution in [0.5, 0.6) is 0 Å². The van der Waals surface area contributed by atoms with Crippen LogP contribution in [-0.2, 0) is 6.54 Å². The third-order valence-electron chi connectivity index (χ3n) is 1.49. The van der Waals surface area contributed by atoms with Crippen molar-refractivity contribution in [2.45, 2.75) is 19.4 Å². The molecule has 1 heterocycles. The molecule has 0 N–H and O–H groups in total. The summed E-state index contributed by atoms with van der Waals surface area (Å²) in [6.45, 7) is 4.78. The number of aromatic nitrogens is 1. The van der Waals surface area contributed by atoms with Gasteiger partial charge in [-0.25, -0.2) is 0 Å². The molecule has 0 aliphatic heterocycles. The SMILES string of the molecule is C=CCCCn1cccc1. The lowest BCUT2D eigenvalue weighted by atomic mass is 10.3. The minimum absolute atomic E-state index is 1.11. The number of nitrogens with zero attached hydrogens (tertiary/aromatic N) is 1. The fraction of sp³-hybridized carbons (Fsp3) is 0.333. The Labute approximate surface area is 62.0 Å². The largest absolute Gasteiger partial charge is 0.354 e. The molecule has 0 saturated heterocycles. The van der Waals surface area contributed by atoms with E-state index in [1.807, 2.05) is 18.2 Å². The number of unbranched alkanes of at least 4 members (excludes halogenated alkanes) is 1.